The van der Waals surface area contributed by atoms with Gasteiger partial charge in [0.15, 0.2) is 0 Å². The van der Waals surface area contributed by atoms with E-state index in [-0.39, 0.29) is 22.1 Å². The molecule has 0 saturated carbocycles. The van der Waals surface area contributed by atoms with Crippen LogP contribution < -0.4 is 14.8 Å². The van der Waals surface area contributed by atoms with Crippen molar-refractivity contribution < 1.29 is 17.9 Å². The molecule has 1 aromatic carbocycles. The van der Waals surface area contributed by atoms with Gasteiger partial charge in [0.1, 0.15) is 0 Å². The van der Waals surface area contributed by atoms with Crippen molar-refractivity contribution in [3.8, 4) is 6.01 Å². The van der Waals surface area contributed by atoms with Crippen LogP contribution in [0.4, 0.5) is 10.7 Å². The minimum atomic E-state index is -4.00. The van der Waals surface area contributed by atoms with Crippen molar-refractivity contribution in [2.45, 2.75) is 4.90 Å². The smallest absolute Gasteiger partial charge is 0.335 e. The summed E-state index contributed by atoms with van der Waals surface area (Å²) in [6.07, 6.45) is 0. The van der Waals surface area contributed by atoms with Gasteiger partial charge in [-0.2, -0.15) is 15.0 Å². The van der Waals surface area contributed by atoms with E-state index >= 15 is 0 Å². The summed E-state index contributed by atoms with van der Waals surface area (Å²) in [6, 6.07) is 6.23. The Morgan fingerprint density at radius 1 is 1.18 bits per heavy atom. The molecule has 1 aromatic heterocycles. The van der Waals surface area contributed by atoms with Crippen LogP contribution in [0.2, 0.25) is 5.28 Å². The van der Waals surface area contributed by atoms with E-state index in [0.717, 1.165) is 0 Å². The molecular formula is C11H10ClN5O4S. The van der Waals surface area contributed by atoms with E-state index in [1.807, 2.05) is 4.72 Å². The molecule has 2 rings (SSSR count). The molecule has 1 heterocycles. The second kappa shape index (κ2) is 6.54. The Morgan fingerprint density at radius 3 is 2.50 bits per heavy atom. The lowest BCUT2D eigenvalue weighted by Crippen LogP contribution is -2.34. The van der Waals surface area contributed by atoms with Crippen LogP contribution in [-0.2, 0) is 10.0 Å². The van der Waals surface area contributed by atoms with E-state index in [2.05, 4.69) is 20.3 Å². The summed E-state index contributed by atoms with van der Waals surface area (Å²) in [5, 5.41) is 1.91. The number of benzene rings is 1. The van der Waals surface area contributed by atoms with Crippen molar-refractivity contribution in [2.24, 2.45) is 0 Å². The molecule has 0 aliphatic carbocycles. The Morgan fingerprint density at radius 2 is 1.86 bits per heavy atom. The number of urea groups is 1. The lowest BCUT2D eigenvalue weighted by Gasteiger charge is -2.08. The third-order valence-electron chi connectivity index (χ3n) is 2.28. The van der Waals surface area contributed by atoms with E-state index in [9.17, 15) is 13.2 Å². The van der Waals surface area contributed by atoms with Gasteiger partial charge in [-0.3, -0.25) is 5.32 Å². The van der Waals surface area contributed by atoms with Gasteiger partial charge >= 0.3 is 12.0 Å². The maximum atomic E-state index is 11.9. The minimum absolute atomic E-state index is 0.0589. The van der Waals surface area contributed by atoms with Gasteiger partial charge in [0.05, 0.1) is 12.0 Å². The topological polar surface area (TPSA) is 123 Å². The Kier molecular flexibility index (Phi) is 4.73. The van der Waals surface area contributed by atoms with E-state index in [0.29, 0.717) is 0 Å². The first-order valence-corrected chi connectivity index (χ1v) is 7.61. The molecule has 0 aliphatic heterocycles. The first-order chi connectivity index (χ1) is 10.4. The molecule has 116 valence electrons. The number of carbonyl (C=O) groups excluding carboxylic acids is 1. The number of nitrogens with zero attached hydrogens (tertiary/aromatic N) is 3. The van der Waals surface area contributed by atoms with Crippen LogP contribution in [0, 0.1) is 0 Å². The molecule has 9 nitrogen and oxygen atoms in total. The maximum absolute atomic E-state index is 11.9. The standard InChI is InChI=1S/C11H10ClN5O4S/c1-21-11-14-8(12)13-9(16-11)15-10(18)17-22(19,20)7-5-3-2-4-6-7/h2-6H,1H3,(H2,13,14,15,16,17,18). The number of hydrogen-bond acceptors (Lipinski definition) is 7. The summed E-state index contributed by atoms with van der Waals surface area (Å²) < 4.78 is 30.5. The first kappa shape index (κ1) is 15.9. The molecule has 22 heavy (non-hydrogen) atoms. The number of sulfonamides is 1. The van der Waals surface area contributed by atoms with Crippen molar-refractivity contribution >= 4 is 33.6 Å². The highest BCUT2D eigenvalue weighted by atomic mass is 35.5. The third-order valence-corrected chi connectivity index (χ3v) is 3.79. The monoisotopic (exact) mass is 343 g/mol. The van der Waals surface area contributed by atoms with Gasteiger partial charge in [-0.25, -0.2) is 17.9 Å². The Balaban J connectivity index is 2.12. The number of rotatable bonds is 4. The molecule has 0 atom stereocenters. The summed E-state index contributed by atoms with van der Waals surface area (Å²) in [6.45, 7) is 0. The average Bonchev–Trinajstić information content (AvgIpc) is 2.46. The number of amides is 2. The molecule has 0 bridgehead atoms. The SMILES string of the molecule is COc1nc(Cl)nc(NC(=O)NS(=O)(=O)c2ccccc2)n1. The van der Waals surface area contributed by atoms with Crippen LogP contribution in [0.3, 0.4) is 0 Å². The fourth-order valence-electron chi connectivity index (χ4n) is 1.39. The van der Waals surface area contributed by atoms with Gasteiger partial charge in [-0.15, -0.1) is 0 Å². The molecule has 0 radical (unpaired) electrons. The fraction of sp³-hybridized carbons (Fsp3) is 0.0909. The predicted octanol–water partition coefficient (Wildman–Crippen LogP) is 1.04. The van der Waals surface area contributed by atoms with E-state index in [1.54, 1.807) is 6.07 Å². The normalized spacial score (nSPS) is 10.8. The number of nitrogens with one attached hydrogen (secondary N) is 2. The third kappa shape index (κ3) is 4.02. The quantitative estimate of drug-likeness (QED) is 0.850. The van der Waals surface area contributed by atoms with Crippen molar-refractivity contribution in [3.05, 3.63) is 35.6 Å². The Hall–Kier alpha value is -2.46. The number of ether oxygens (including phenoxy) is 1. The van der Waals surface area contributed by atoms with Gasteiger partial charge < -0.3 is 4.74 Å². The Bertz CT molecular complexity index is 784. The molecule has 2 amide bonds. The van der Waals surface area contributed by atoms with Gasteiger partial charge in [0.2, 0.25) is 11.2 Å². The second-order valence-corrected chi connectivity index (χ2v) is 5.81. The zero-order valence-corrected chi connectivity index (χ0v) is 12.7. The number of methoxy groups -OCH3 is 1. The molecular weight excluding hydrogens is 334 g/mol. The lowest BCUT2D eigenvalue weighted by molar-refractivity contribution is 0.256. The molecule has 0 spiro atoms. The summed E-state index contributed by atoms with van der Waals surface area (Å²) in [4.78, 5) is 22.6. The van der Waals surface area contributed by atoms with Crippen LogP contribution >= 0.6 is 11.6 Å². The fourth-order valence-corrected chi connectivity index (χ4v) is 2.47. The summed E-state index contributed by atoms with van der Waals surface area (Å²) >= 11 is 5.61. The summed E-state index contributed by atoms with van der Waals surface area (Å²) in [7, 11) is -2.70. The largest absolute Gasteiger partial charge is 0.467 e. The molecule has 0 aliphatic rings. The second-order valence-electron chi connectivity index (χ2n) is 3.79. The van der Waals surface area contributed by atoms with Crippen molar-refractivity contribution in [1.29, 1.82) is 0 Å². The number of carbonyl (C=O) groups is 1. The lowest BCUT2D eigenvalue weighted by atomic mass is 10.4. The first-order valence-electron chi connectivity index (χ1n) is 5.75. The molecule has 0 unspecified atom stereocenters. The highest BCUT2D eigenvalue weighted by molar-refractivity contribution is 7.90. The Labute approximate surface area is 130 Å². The molecule has 11 heteroatoms. The summed E-state index contributed by atoms with van der Waals surface area (Å²) in [5.41, 5.74) is 0. The molecule has 0 fully saturated rings. The number of halogens is 1. The van der Waals surface area contributed by atoms with Crippen molar-refractivity contribution in [1.82, 2.24) is 19.7 Å². The molecule has 0 saturated heterocycles. The zero-order valence-electron chi connectivity index (χ0n) is 11.1. The maximum Gasteiger partial charge on any atom is 0.335 e. The van der Waals surface area contributed by atoms with Crippen LogP contribution in [0.25, 0.3) is 0 Å². The zero-order chi connectivity index (χ0) is 16.2. The van der Waals surface area contributed by atoms with Gasteiger partial charge in [-0.05, 0) is 23.7 Å². The highest BCUT2D eigenvalue weighted by Gasteiger charge is 2.18. The van der Waals surface area contributed by atoms with Gasteiger partial charge in [-0.1, -0.05) is 18.2 Å². The summed E-state index contributed by atoms with van der Waals surface area (Å²) in [5.74, 6) is -0.252. The van der Waals surface area contributed by atoms with Crippen LogP contribution in [-0.4, -0.2) is 36.5 Å². The van der Waals surface area contributed by atoms with E-state index in [4.69, 9.17) is 16.3 Å². The van der Waals surface area contributed by atoms with Crippen molar-refractivity contribution in [3.63, 3.8) is 0 Å². The van der Waals surface area contributed by atoms with Crippen LogP contribution in [0.15, 0.2) is 35.2 Å². The molecule has 2 N–H and O–H groups in total. The highest BCUT2D eigenvalue weighted by Crippen LogP contribution is 2.11. The predicted molar refractivity (Wildman–Crippen MR) is 77.2 cm³/mol. The van der Waals surface area contributed by atoms with Crippen LogP contribution in [0.1, 0.15) is 0 Å². The minimum Gasteiger partial charge on any atom is -0.467 e. The molecule has 2 aromatic rings. The number of aromatic nitrogens is 3. The average molecular weight is 344 g/mol. The number of hydrogen-bond donors (Lipinski definition) is 2. The van der Waals surface area contributed by atoms with Gasteiger partial charge in [0.25, 0.3) is 10.0 Å². The van der Waals surface area contributed by atoms with Gasteiger partial charge in [0, 0.05) is 0 Å². The van der Waals surface area contributed by atoms with Crippen molar-refractivity contribution in [2.75, 3.05) is 12.4 Å². The van der Waals surface area contributed by atoms with E-state index < -0.39 is 16.1 Å². The number of anilines is 1. The van der Waals surface area contributed by atoms with E-state index in [1.165, 1.54) is 31.4 Å². The van der Waals surface area contributed by atoms with Crippen LogP contribution in [0.5, 0.6) is 6.01 Å².